The van der Waals surface area contributed by atoms with Crippen LogP contribution in [0.3, 0.4) is 0 Å². The molecule has 0 spiro atoms. The summed E-state index contributed by atoms with van der Waals surface area (Å²) in [5, 5.41) is 4.64. The fourth-order valence-corrected chi connectivity index (χ4v) is 2.30. The van der Waals surface area contributed by atoms with E-state index in [1.165, 1.54) is 5.69 Å². The number of nitrogens with zero attached hydrogens (tertiary/aromatic N) is 2. The molecule has 0 fully saturated rings. The molecule has 19 heavy (non-hydrogen) atoms. The van der Waals surface area contributed by atoms with E-state index in [1.54, 1.807) is 0 Å². The van der Waals surface area contributed by atoms with Crippen molar-refractivity contribution in [3.05, 3.63) is 46.8 Å². The van der Waals surface area contributed by atoms with E-state index in [0.717, 1.165) is 35.3 Å². The van der Waals surface area contributed by atoms with E-state index in [1.807, 2.05) is 23.7 Å². The van der Waals surface area contributed by atoms with Gasteiger partial charge >= 0.3 is 0 Å². The lowest BCUT2D eigenvalue weighted by molar-refractivity contribution is 0.793. The molecular weight excluding hydrogens is 254 g/mol. The molecule has 0 saturated carbocycles. The Hall–Kier alpha value is -1.68. The van der Waals surface area contributed by atoms with Gasteiger partial charge in [-0.25, -0.2) is 4.68 Å². The quantitative estimate of drug-likeness (QED) is 0.871. The lowest BCUT2D eigenvalue weighted by Gasteiger charge is -2.12. The third-order valence-electron chi connectivity index (χ3n) is 3.20. The number of rotatable bonds is 4. The van der Waals surface area contributed by atoms with Crippen LogP contribution in [0.25, 0.3) is 5.69 Å². The lowest BCUT2D eigenvalue weighted by Crippen LogP contribution is -2.15. The number of hydrogen-bond donors (Lipinski definition) is 1. The van der Waals surface area contributed by atoms with E-state index in [0.29, 0.717) is 4.99 Å². The molecule has 0 atom stereocenters. The highest BCUT2D eigenvalue weighted by Crippen LogP contribution is 2.19. The minimum Gasteiger partial charge on any atom is -0.389 e. The largest absolute Gasteiger partial charge is 0.389 e. The van der Waals surface area contributed by atoms with Crippen molar-refractivity contribution in [2.24, 2.45) is 5.73 Å². The summed E-state index contributed by atoms with van der Waals surface area (Å²) in [7, 11) is 0. The molecule has 2 aromatic rings. The first-order valence-corrected chi connectivity index (χ1v) is 6.96. The summed E-state index contributed by atoms with van der Waals surface area (Å²) in [6.07, 6.45) is 1.85. The Morgan fingerprint density at radius 2 is 2.00 bits per heavy atom. The monoisotopic (exact) mass is 273 g/mol. The SMILES string of the molecule is CCc1cc(CC)n(-c2ccc(C)cc2C(N)=S)n1. The van der Waals surface area contributed by atoms with Crippen LogP contribution >= 0.6 is 12.2 Å². The summed E-state index contributed by atoms with van der Waals surface area (Å²) >= 11 is 5.16. The molecule has 0 aliphatic rings. The second-order valence-electron chi connectivity index (χ2n) is 4.63. The van der Waals surface area contributed by atoms with Crippen molar-refractivity contribution in [1.29, 1.82) is 0 Å². The van der Waals surface area contributed by atoms with E-state index in [4.69, 9.17) is 18.0 Å². The maximum Gasteiger partial charge on any atom is 0.106 e. The van der Waals surface area contributed by atoms with Gasteiger partial charge in [0.1, 0.15) is 4.99 Å². The smallest absolute Gasteiger partial charge is 0.106 e. The molecule has 3 nitrogen and oxygen atoms in total. The second kappa shape index (κ2) is 5.53. The van der Waals surface area contributed by atoms with Crippen LogP contribution in [-0.2, 0) is 12.8 Å². The Balaban J connectivity index is 2.64. The molecule has 100 valence electrons. The number of nitrogens with two attached hydrogens (primary N) is 1. The Morgan fingerprint density at radius 1 is 1.26 bits per heavy atom. The van der Waals surface area contributed by atoms with Crippen molar-refractivity contribution < 1.29 is 0 Å². The highest BCUT2D eigenvalue weighted by molar-refractivity contribution is 7.80. The molecule has 4 heteroatoms. The molecule has 0 saturated heterocycles. The average molecular weight is 273 g/mol. The first kappa shape index (κ1) is 13.7. The van der Waals surface area contributed by atoms with Gasteiger partial charge in [-0.05, 0) is 38.0 Å². The molecule has 0 unspecified atom stereocenters. The molecule has 1 aromatic heterocycles. The van der Waals surface area contributed by atoms with Crippen LogP contribution in [-0.4, -0.2) is 14.8 Å². The van der Waals surface area contributed by atoms with Gasteiger partial charge in [0.2, 0.25) is 0 Å². The van der Waals surface area contributed by atoms with Crippen LogP contribution in [0.5, 0.6) is 0 Å². The van der Waals surface area contributed by atoms with Crippen LogP contribution in [0.2, 0.25) is 0 Å². The third-order valence-corrected chi connectivity index (χ3v) is 3.42. The van der Waals surface area contributed by atoms with Crippen molar-refractivity contribution in [1.82, 2.24) is 9.78 Å². The predicted molar refractivity (Wildman–Crippen MR) is 82.9 cm³/mol. The van der Waals surface area contributed by atoms with Crippen molar-refractivity contribution in [3.63, 3.8) is 0 Å². The number of benzene rings is 1. The lowest BCUT2D eigenvalue weighted by atomic mass is 10.1. The summed E-state index contributed by atoms with van der Waals surface area (Å²) in [4.78, 5) is 0.411. The highest BCUT2D eigenvalue weighted by atomic mass is 32.1. The molecule has 0 aliphatic carbocycles. The zero-order chi connectivity index (χ0) is 14.0. The zero-order valence-corrected chi connectivity index (χ0v) is 12.4. The first-order valence-electron chi connectivity index (χ1n) is 6.55. The van der Waals surface area contributed by atoms with Gasteiger partial charge in [-0.3, -0.25) is 0 Å². The number of aryl methyl sites for hydroxylation is 3. The maximum absolute atomic E-state index is 5.84. The van der Waals surface area contributed by atoms with Crippen molar-refractivity contribution in [2.75, 3.05) is 0 Å². The van der Waals surface area contributed by atoms with Gasteiger partial charge in [-0.1, -0.05) is 37.7 Å². The molecule has 1 aromatic carbocycles. The first-order chi connectivity index (χ1) is 9.06. The van der Waals surface area contributed by atoms with E-state index in [9.17, 15) is 0 Å². The van der Waals surface area contributed by atoms with Gasteiger partial charge in [-0.2, -0.15) is 5.10 Å². The van der Waals surface area contributed by atoms with Crippen molar-refractivity contribution in [3.8, 4) is 5.69 Å². The minimum absolute atomic E-state index is 0.411. The van der Waals surface area contributed by atoms with E-state index in [2.05, 4.69) is 31.1 Å². The van der Waals surface area contributed by atoms with Crippen molar-refractivity contribution in [2.45, 2.75) is 33.6 Å². The highest BCUT2D eigenvalue weighted by Gasteiger charge is 2.12. The molecular formula is C15H19N3S. The van der Waals surface area contributed by atoms with Gasteiger partial charge < -0.3 is 5.73 Å². The molecule has 2 N–H and O–H groups in total. The third kappa shape index (κ3) is 2.68. The second-order valence-corrected chi connectivity index (χ2v) is 5.07. The van der Waals surface area contributed by atoms with E-state index >= 15 is 0 Å². The Labute approximate surface area is 119 Å². The normalized spacial score (nSPS) is 10.7. The molecule has 0 amide bonds. The summed E-state index contributed by atoms with van der Waals surface area (Å²) in [6.45, 7) is 6.27. The van der Waals surface area contributed by atoms with Gasteiger partial charge in [0.05, 0.1) is 11.4 Å². The van der Waals surface area contributed by atoms with Gasteiger partial charge in [0.15, 0.2) is 0 Å². The Bertz CT molecular complexity index is 614. The summed E-state index contributed by atoms with van der Waals surface area (Å²) < 4.78 is 1.97. The topological polar surface area (TPSA) is 43.8 Å². The van der Waals surface area contributed by atoms with Crippen LogP contribution < -0.4 is 5.73 Å². The van der Waals surface area contributed by atoms with Crippen LogP contribution in [0.4, 0.5) is 0 Å². The predicted octanol–water partition coefficient (Wildman–Crippen LogP) is 2.94. The molecule has 0 radical (unpaired) electrons. The Morgan fingerprint density at radius 3 is 2.58 bits per heavy atom. The maximum atomic E-state index is 5.84. The fraction of sp³-hybridized carbons (Fsp3) is 0.333. The molecule has 0 aliphatic heterocycles. The summed E-state index contributed by atoms with van der Waals surface area (Å²) in [5.74, 6) is 0. The molecule has 2 rings (SSSR count). The summed E-state index contributed by atoms with van der Waals surface area (Å²) in [5.41, 5.74) is 11.1. The molecule has 1 heterocycles. The number of aromatic nitrogens is 2. The molecule has 0 bridgehead atoms. The standard InChI is InChI=1S/C15H19N3S/c1-4-11-9-12(5-2)18(17-11)14-7-6-10(3)8-13(14)15(16)19/h6-9H,4-5H2,1-3H3,(H2,16,19). The minimum atomic E-state index is 0.411. The average Bonchev–Trinajstić information content (AvgIpc) is 2.81. The van der Waals surface area contributed by atoms with Crippen LogP contribution in [0.15, 0.2) is 24.3 Å². The number of thiocarbonyl (C=S) groups is 1. The fourth-order valence-electron chi connectivity index (χ4n) is 2.14. The summed E-state index contributed by atoms with van der Waals surface area (Å²) in [6, 6.07) is 8.26. The van der Waals surface area contributed by atoms with Crippen LogP contribution in [0, 0.1) is 6.92 Å². The van der Waals surface area contributed by atoms with Gasteiger partial charge in [0.25, 0.3) is 0 Å². The van der Waals surface area contributed by atoms with Crippen LogP contribution in [0.1, 0.15) is 36.4 Å². The van der Waals surface area contributed by atoms with Gasteiger partial charge in [0, 0.05) is 11.3 Å². The van der Waals surface area contributed by atoms with Crippen molar-refractivity contribution >= 4 is 17.2 Å². The van der Waals surface area contributed by atoms with Gasteiger partial charge in [-0.15, -0.1) is 0 Å². The Kier molecular flexibility index (Phi) is 4.00. The van der Waals surface area contributed by atoms with E-state index < -0.39 is 0 Å². The van der Waals surface area contributed by atoms with E-state index in [-0.39, 0.29) is 0 Å². The zero-order valence-electron chi connectivity index (χ0n) is 11.6. The number of hydrogen-bond acceptors (Lipinski definition) is 2.